The molecule has 0 N–H and O–H groups in total. The predicted molar refractivity (Wildman–Crippen MR) is 48.9 cm³/mol. The Kier molecular flexibility index (Phi) is 6.63. The summed E-state index contributed by atoms with van der Waals surface area (Å²) in [6, 6.07) is 0. The van der Waals surface area contributed by atoms with Crippen molar-refractivity contribution in [3.63, 3.8) is 0 Å². The summed E-state index contributed by atoms with van der Waals surface area (Å²) in [6.45, 7) is 4.06. The molecule has 0 aromatic rings. The van der Waals surface area contributed by atoms with Crippen LogP contribution in [0.4, 0.5) is 0 Å². The maximum absolute atomic E-state index is 10.6. The van der Waals surface area contributed by atoms with E-state index in [1.54, 1.807) is 0 Å². The lowest BCUT2D eigenvalue weighted by Gasteiger charge is -2.15. The molecule has 0 spiro atoms. The molecule has 0 aliphatic rings. The van der Waals surface area contributed by atoms with Gasteiger partial charge in [0.25, 0.3) is 0 Å². The van der Waals surface area contributed by atoms with E-state index in [0.717, 1.165) is 38.3 Å². The third-order valence-corrected chi connectivity index (χ3v) is 2.14. The molecule has 0 aromatic heterocycles. The van der Waals surface area contributed by atoms with Gasteiger partial charge < -0.3 is 9.59 Å². The molecule has 0 fully saturated rings. The van der Waals surface area contributed by atoms with E-state index in [4.69, 9.17) is 0 Å². The Morgan fingerprint density at radius 1 is 0.917 bits per heavy atom. The zero-order chi connectivity index (χ0) is 9.40. The zero-order valence-corrected chi connectivity index (χ0v) is 7.95. The van der Waals surface area contributed by atoms with Crippen LogP contribution in [0.15, 0.2) is 0 Å². The van der Waals surface area contributed by atoms with E-state index in [0.29, 0.717) is 0 Å². The van der Waals surface area contributed by atoms with Crippen molar-refractivity contribution in [3.8, 4) is 0 Å². The Morgan fingerprint density at radius 3 is 1.42 bits per heavy atom. The van der Waals surface area contributed by atoms with E-state index in [9.17, 15) is 9.59 Å². The van der Waals surface area contributed by atoms with Crippen molar-refractivity contribution in [2.75, 3.05) is 0 Å². The molecule has 0 aliphatic heterocycles. The molecule has 0 amide bonds. The molecule has 0 saturated heterocycles. The highest BCUT2D eigenvalue weighted by Crippen LogP contribution is 2.18. The molecule has 0 rings (SSSR count). The third-order valence-electron chi connectivity index (χ3n) is 2.14. The second-order valence-corrected chi connectivity index (χ2v) is 3.18. The molecule has 0 radical (unpaired) electrons. The largest absolute Gasteiger partial charge is 0.303 e. The Hall–Kier alpha value is -0.660. The average molecular weight is 170 g/mol. The summed E-state index contributed by atoms with van der Waals surface area (Å²) >= 11 is 0. The molecular formula is C10H18O2. The summed E-state index contributed by atoms with van der Waals surface area (Å²) in [7, 11) is 0. The molecule has 0 aliphatic carbocycles. The smallest absolute Gasteiger partial charge is 0.123 e. The van der Waals surface area contributed by atoms with Gasteiger partial charge >= 0.3 is 0 Å². The number of rotatable bonds is 7. The SMILES string of the molecule is CCCC(C=O)C(C=O)CCC. The van der Waals surface area contributed by atoms with Crippen LogP contribution in [0.25, 0.3) is 0 Å². The fraction of sp³-hybridized carbons (Fsp3) is 0.800. The topological polar surface area (TPSA) is 34.1 Å². The molecule has 0 aromatic carbocycles. The first-order valence-electron chi connectivity index (χ1n) is 4.70. The Balaban J connectivity index is 4.01. The zero-order valence-electron chi connectivity index (χ0n) is 7.95. The highest BCUT2D eigenvalue weighted by Gasteiger charge is 2.18. The minimum Gasteiger partial charge on any atom is -0.303 e. The van der Waals surface area contributed by atoms with Gasteiger partial charge in [0.2, 0.25) is 0 Å². The lowest BCUT2D eigenvalue weighted by Crippen LogP contribution is -2.17. The second-order valence-electron chi connectivity index (χ2n) is 3.18. The molecule has 12 heavy (non-hydrogen) atoms. The van der Waals surface area contributed by atoms with Crippen LogP contribution in [0.1, 0.15) is 39.5 Å². The number of aldehydes is 2. The van der Waals surface area contributed by atoms with E-state index in [2.05, 4.69) is 0 Å². The molecule has 2 heteroatoms. The number of hydrogen-bond acceptors (Lipinski definition) is 2. The third kappa shape index (κ3) is 3.65. The van der Waals surface area contributed by atoms with Crippen LogP contribution >= 0.6 is 0 Å². The van der Waals surface area contributed by atoms with Gasteiger partial charge in [0.15, 0.2) is 0 Å². The summed E-state index contributed by atoms with van der Waals surface area (Å²) in [6.07, 6.45) is 5.48. The van der Waals surface area contributed by atoms with Crippen LogP contribution in [0.3, 0.4) is 0 Å². The number of hydrogen-bond donors (Lipinski definition) is 0. The maximum atomic E-state index is 10.6. The molecule has 0 saturated carbocycles. The molecule has 70 valence electrons. The van der Waals surface area contributed by atoms with Crippen LogP contribution in [0.2, 0.25) is 0 Å². The van der Waals surface area contributed by atoms with Crippen molar-refractivity contribution < 1.29 is 9.59 Å². The second kappa shape index (κ2) is 7.01. The molecular weight excluding hydrogens is 152 g/mol. The normalized spacial score (nSPS) is 15.2. The van der Waals surface area contributed by atoms with Crippen LogP contribution in [-0.2, 0) is 9.59 Å². The van der Waals surface area contributed by atoms with E-state index < -0.39 is 0 Å². The van der Waals surface area contributed by atoms with Crippen LogP contribution in [0, 0.1) is 11.8 Å². The van der Waals surface area contributed by atoms with Crippen molar-refractivity contribution >= 4 is 12.6 Å². The quantitative estimate of drug-likeness (QED) is 0.549. The Bertz CT molecular complexity index is 116. The Morgan fingerprint density at radius 2 is 1.25 bits per heavy atom. The standard InChI is InChI=1S/C10H18O2/c1-3-5-9(7-11)10(8-12)6-4-2/h7-10H,3-6H2,1-2H3. The van der Waals surface area contributed by atoms with Gasteiger partial charge in [-0.3, -0.25) is 0 Å². The fourth-order valence-electron chi connectivity index (χ4n) is 1.43. The first-order valence-corrected chi connectivity index (χ1v) is 4.70. The first-order chi connectivity index (χ1) is 5.79. The molecule has 2 nitrogen and oxygen atoms in total. The lowest BCUT2D eigenvalue weighted by molar-refractivity contribution is -0.119. The molecule has 2 atom stereocenters. The van der Waals surface area contributed by atoms with E-state index >= 15 is 0 Å². The summed E-state index contributed by atoms with van der Waals surface area (Å²) in [5.74, 6) is -0.0973. The van der Waals surface area contributed by atoms with Crippen LogP contribution < -0.4 is 0 Å². The summed E-state index contributed by atoms with van der Waals surface area (Å²) < 4.78 is 0. The predicted octanol–water partition coefficient (Wildman–Crippen LogP) is 2.22. The van der Waals surface area contributed by atoms with Crippen molar-refractivity contribution in [2.24, 2.45) is 11.8 Å². The molecule has 2 unspecified atom stereocenters. The van der Waals surface area contributed by atoms with Gasteiger partial charge in [0, 0.05) is 11.8 Å². The van der Waals surface area contributed by atoms with Gasteiger partial charge in [-0.05, 0) is 12.8 Å². The minimum absolute atomic E-state index is 0.0487. The molecule has 0 bridgehead atoms. The molecule has 0 heterocycles. The van der Waals surface area contributed by atoms with Crippen molar-refractivity contribution in [1.29, 1.82) is 0 Å². The minimum atomic E-state index is -0.0487. The van der Waals surface area contributed by atoms with E-state index in [1.165, 1.54) is 0 Å². The van der Waals surface area contributed by atoms with Gasteiger partial charge in [-0.2, -0.15) is 0 Å². The van der Waals surface area contributed by atoms with Crippen LogP contribution in [-0.4, -0.2) is 12.6 Å². The summed E-state index contributed by atoms with van der Waals surface area (Å²) in [4.78, 5) is 21.2. The van der Waals surface area contributed by atoms with Gasteiger partial charge in [-0.25, -0.2) is 0 Å². The summed E-state index contributed by atoms with van der Waals surface area (Å²) in [5.41, 5.74) is 0. The van der Waals surface area contributed by atoms with Gasteiger partial charge in [0.05, 0.1) is 0 Å². The van der Waals surface area contributed by atoms with Gasteiger partial charge in [-0.1, -0.05) is 26.7 Å². The van der Waals surface area contributed by atoms with Crippen molar-refractivity contribution in [1.82, 2.24) is 0 Å². The average Bonchev–Trinajstić information content (AvgIpc) is 2.11. The van der Waals surface area contributed by atoms with Gasteiger partial charge in [-0.15, -0.1) is 0 Å². The van der Waals surface area contributed by atoms with Crippen molar-refractivity contribution in [2.45, 2.75) is 39.5 Å². The van der Waals surface area contributed by atoms with Crippen molar-refractivity contribution in [3.05, 3.63) is 0 Å². The highest BCUT2D eigenvalue weighted by molar-refractivity contribution is 5.64. The number of carbonyl (C=O) groups excluding carboxylic acids is 2. The fourth-order valence-corrected chi connectivity index (χ4v) is 1.43. The number of carbonyl (C=O) groups is 2. The van der Waals surface area contributed by atoms with Gasteiger partial charge in [0.1, 0.15) is 12.6 Å². The van der Waals surface area contributed by atoms with E-state index in [1.807, 2.05) is 13.8 Å². The highest BCUT2D eigenvalue weighted by atomic mass is 16.1. The maximum Gasteiger partial charge on any atom is 0.123 e. The monoisotopic (exact) mass is 170 g/mol. The summed E-state index contributed by atoms with van der Waals surface area (Å²) in [5, 5.41) is 0. The van der Waals surface area contributed by atoms with E-state index in [-0.39, 0.29) is 11.8 Å². The first kappa shape index (κ1) is 11.3. The Labute approximate surface area is 74.3 Å². The lowest BCUT2D eigenvalue weighted by atomic mass is 9.88. The van der Waals surface area contributed by atoms with Crippen LogP contribution in [0.5, 0.6) is 0 Å².